The summed E-state index contributed by atoms with van der Waals surface area (Å²) in [5.74, 6) is 0.380. The Morgan fingerprint density at radius 2 is 1.62 bits per heavy atom. The molecule has 0 heterocycles. The molecule has 0 bridgehead atoms. The minimum atomic E-state index is -0.843. The van der Waals surface area contributed by atoms with Crippen LogP contribution >= 0.6 is 0 Å². The second-order valence-corrected chi connectivity index (χ2v) is 16.4. The van der Waals surface area contributed by atoms with Gasteiger partial charge >= 0.3 is 11.9 Å². The van der Waals surface area contributed by atoms with Gasteiger partial charge < -0.3 is 14.9 Å². The van der Waals surface area contributed by atoms with Gasteiger partial charge in [0.15, 0.2) is 0 Å². The molecular weight excluding hydrogens is 488 g/mol. The van der Waals surface area contributed by atoms with Crippen LogP contribution in [0.2, 0.25) is 0 Å². The fourth-order valence-electron chi connectivity index (χ4n) is 11.1. The van der Waals surface area contributed by atoms with Crippen molar-refractivity contribution in [1.82, 2.24) is 0 Å². The van der Waals surface area contributed by atoms with Gasteiger partial charge in [-0.1, -0.05) is 60.1 Å². The molecule has 0 saturated heterocycles. The van der Waals surface area contributed by atoms with Crippen molar-refractivity contribution in [2.45, 2.75) is 132 Å². The molecule has 2 N–H and O–H groups in total. The van der Waals surface area contributed by atoms with Gasteiger partial charge in [0.25, 0.3) is 0 Å². The van der Waals surface area contributed by atoms with Crippen molar-refractivity contribution in [3.8, 4) is 0 Å². The van der Waals surface area contributed by atoms with E-state index >= 15 is 0 Å². The van der Waals surface area contributed by atoms with Crippen LogP contribution in [-0.4, -0.2) is 34.9 Å². The van der Waals surface area contributed by atoms with Crippen molar-refractivity contribution in [3.63, 3.8) is 0 Å². The summed E-state index contributed by atoms with van der Waals surface area (Å²) in [6, 6.07) is 0. The van der Waals surface area contributed by atoms with Crippen LogP contribution in [0.15, 0.2) is 11.6 Å². The van der Waals surface area contributed by atoms with Gasteiger partial charge in [-0.2, -0.15) is 0 Å². The Hall–Kier alpha value is -1.36. The topological polar surface area (TPSA) is 83.8 Å². The standard InChI is InChI=1S/C34H54O5/c1-29(2)16-18-34(28(38)39-20-8-9-27(36)37)19-17-32(6)22(23(34)21-29)10-11-25-31(5)14-13-26(35)30(3,4)24(31)12-15-33(25,32)7/h10,23-26,35H,8-9,11-21H2,1-7H3,(H,36,37)/t23?,24?,25?,26?,31-,32+,33+,34-/m0/s1. The number of hydrogen-bond donors (Lipinski definition) is 2. The van der Waals surface area contributed by atoms with E-state index in [0.29, 0.717) is 18.3 Å². The van der Waals surface area contributed by atoms with E-state index in [-0.39, 0.29) is 58.1 Å². The van der Waals surface area contributed by atoms with Gasteiger partial charge in [0.05, 0.1) is 18.1 Å². The number of fused-ring (bicyclic) bond motifs is 7. The van der Waals surface area contributed by atoms with Gasteiger partial charge in [0.1, 0.15) is 0 Å². The zero-order valence-corrected chi connectivity index (χ0v) is 25.7. The Morgan fingerprint density at radius 1 is 0.923 bits per heavy atom. The monoisotopic (exact) mass is 542 g/mol. The second kappa shape index (κ2) is 9.33. The largest absolute Gasteiger partial charge is 0.481 e. The van der Waals surface area contributed by atoms with Crippen molar-refractivity contribution in [3.05, 3.63) is 11.6 Å². The Balaban J connectivity index is 1.50. The van der Waals surface area contributed by atoms with Crippen molar-refractivity contribution in [2.24, 2.45) is 50.2 Å². The molecule has 5 aliphatic carbocycles. The van der Waals surface area contributed by atoms with E-state index in [1.165, 1.54) is 18.4 Å². The van der Waals surface area contributed by atoms with Crippen molar-refractivity contribution in [2.75, 3.05) is 6.61 Å². The zero-order valence-electron chi connectivity index (χ0n) is 25.7. The number of allylic oxidation sites excluding steroid dienone is 2. The zero-order chi connectivity index (χ0) is 28.6. The summed E-state index contributed by atoms with van der Waals surface area (Å²) < 4.78 is 5.87. The molecule has 4 fully saturated rings. The van der Waals surface area contributed by atoms with Crippen molar-refractivity contribution >= 4 is 11.9 Å². The van der Waals surface area contributed by atoms with Crippen LogP contribution in [0.4, 0.5) is 0 Å². The molecule has 39 heavy (non-hydrogen) atoms. The van der Waals surface area contributed by atoms with Gasteiger partial charge in [0.2, 0.25) is 0 Å². The van der Waals surface area contributed by atoms with Crippen molar-refractivity contribution < 1.29 is 24.5 Å². The molecule has 5 nitrogen and oxygen atoms in total. The minimum Gasteiger partial charge on any atom is -0.481 e. The summed E-state index contributed by atoms with van der Waals surface area (Å²) in [5, 5.41) is 20.0. The van der Waals surface area contributed by atoms with Crippen LogP contribution < -0.4 is 0 Å². The number of carbonyl (C=O) groups excluding carboxylic acids is 1. The molecule has 0 radical (unpaired) electrons. The highest BCUT2D eigenvalue weighted by Gasteiger charge is 2.69. The van der Waals surface area contributed by atoms with E-state index in [1.807, 2.05) is 0 Å². The summed E-state index contributed by atoms with van der Waals surface area (Å²) in [5.41, 5.74) is 1.60. The first-order valence-electron chi connectivity index (χ1n) is 15.8. The van der Waals surface area contributed by atoms with E-state index in [4.69, 9.17) is 9.84 Å². The van der Waals surface area contributed by atoms with E-state index in [2.05, 4.69) is 54.5 Å². The van der Waals surface area contributed by atoms with Crippen molar-refractivity contribution in [1.29, 1.82) is 0 Å². The Labute approximate surface area is 236 Å². The van der Waals surface area contributed by atoms with Crippen LogP contribution in [-0.2, 0) is 14.3 Å². The summed E-state index contributed by atoms with van der Waals surface area (Å²) in [4.78, 5) is 24.9. The lowest BCUT2D eigenvalue weighted by molar-refractivity contribution is -0.206. The molecule has 8 atom stereocenters. The number of ether oxygens (including phenoxy) is 1. The molecule has 4 saturated carbocycles. The fourth-order valence-corrected chi connectivity index (χ4v) is 11.1. The quantitative estimate of drug-likeness (QED) is 0.213. The molecule has 5 aliphatic rings. The Bertz CT molecular complexity index is 1040. The van der Waals surface area contributed by atoms with Gasteiger partial charge in [-0.3, -0.25) is 9.59 Å². The second-order valence-electron chi connectivity index (χ2n) is 16.4. The SMILES string of the molecule is CC1(C)CC[C@]2(C(=O)OCCCC(=O)O)CC[C@]3(C)C(=CCC4[C@@]5(C)CCC(O)C(C)(C)C5CC[C@]43C)C2C1. The van der Waals surface area contributed by atoms with Crippen LogP contribution in [0.3, 0.4) is 0 Å². The summed E-state index contributed by atoms with van der Waals surface area (Å²) in [6.45, 7) is 17.2. The maximum absolute atomic E-state index is 13.9. The lowest BCUT2D eigenvalue weighted by atomic mass is 9.33. The molecule has 220 valence electrons. The minimum absolute atomic E-state index is 0.0350. The first kappa shape index (κ1) is 29.1. The molecule has 0 aromatic carbocycles. The number of aliphatic carboxylic acids is 1. The van der Waals surface area contributed by atoms with Gasteiger partial charge in [0, 0.05) is 6.42 Å². The smallest absolute Gasteiger partial charge is 0.312 e. The highest BCUT2D eigenvalue weighted by Crippen LogP contribution is 2.75. The number of aliphatic hydroxyl groups is 1. The average Bonchev–Trinajstić information content (AvgIpc) is 2.84. The summed E-state index contributed by atoms with van der Waals surface area (Å²) >= 11 is 0. The average molecular weight is 543 g/mol. The number of carboxylic acid groups (broad SMARTS) is 1. The molecule has 0 aliphatic heterocycles. The number of hydrogen-bond acceptors (Lipinski definition) is 4. The molecular formula is C34H54O5. The van der Waals surface area contributed by atoms with E-state index in [1.54, 1.807) is 0 Å². The number of aliphatic hydroxyl groups excluding tert-OH is 1. The summed E-state index contributed by atoms with van der Waals surface area (Å²) in [7, 11) is 0. The van der Waals surface area contributed by atoms with Crippen LogP contribution in [0, 0.1) is 50.2 Å². The number of esters is 1. The number of rotatable bonds is 5. The summed E-state index contributed by atoms with van der Waals surface area (Å²) in [6.07, 6.45) is 13.0. The normalized spacial score (nSPS) is 46.0. The molecule has 0 aromatic rings. The molecule has 5 heteroatoms. The highest BCUT2D eigenvalue weighted by molar-refractivity contribution is 5.79. The third kappa shape index (κ3) is 4.17. The van der Waals surface area contributed by atoms with Crippen LogP contribution in [0.1, 0.15) is 126 Å². The predicted octanol–water partition coefficient (Wildman–Crippen LogP) is 7.56. The van der Waals surface area contributed by atoms with E-state index in [9.17, 15) is 14.7 Å². The molecule has 0 amide bonds. The predicted molar refractivity (Wildman–Crippen MR) is 153 cm³/mol. The first-order valence-corrected chi connectivity index (χ1v) is 15.8. The molecule has 5 rings (SSSR count). The van der Waals surface area contributed by atoms with E-state index in [0.717, 1.165) is 51.4 Å². The van der Waals surface area contributed by atoms with Crippen LogP contribution in [0.25, 0.3) is 0 Å². The van der Waals surface area contributed by atoms with Gasteiger partial charge in [-0.25, -0.2) is 0 Å². The van der Waals surface area contributed by atoms with Gasteiger partial charge in [-0.15, -0.1) is 0 Å². The molecule has 0 aromatic heterocycles. The highest BCUT2D eigenvalue weighted by atomic mass is 16.5. The molecule has 0 spiro atoms. The lowest BCUT2D eigenvalue weighted by Crippen LogP contribution is -2.65. The maximum atomic E-state index is 13.9. The third-order valence-corrected chi connectivity index (χ3v) is 13.8. The third-order valence-electron chi connectivity index (χ3n) is 13.8. The maximum Gasteiger partial charge on any atom is 0.312 e. The first-order chi connectivity index (χ1) is 18.0. The van der Waals surface area contributed by atoms with Crippen LogP contribution in [0.5, 0.6) is 0 Å². The lowest BCUT2D eigenvalue weighted by Gasteiger charge is -2.71. The number of carboxylic acids is 1. The van der Waals surface area contributed by atoms with Gasteiger partial charge in [-0.05, 0) is 115 Å². The fraction of sp³-hybridized carbons (Fsp3) is 0.882. The Morgan fingerprint density at radius 3 is 2.31 bits per heavy atom. The Kier molecular flexibility index (Phi) is 6.97. The number of carbonyl (C=O) groups is 2. The van der Waals surface area contributed by atoms with E-state index < -0.39 is 11.4 Å². The molecule has 4 unspecified atom stereocenters.